The number of alkyl halides is 5. The van der Waals surface area contributed by atoms with Crippen molar-refractivity contribution in [3.63, 3.8) is 0 Å². The molecule has 0 amide bonds. The van der Waals surface area contributed by atoms with Gasteiger partial charge in [-0.3, -0.25) is 10.1 Å². The van der Waals surface area contributed by atoms with E-state index in [0.717, 1.165) is 0 Å². The van der Waals surface area contributed by atoms with Gasteiger partial charge < -0.3 is 0 Å². The van der Waals surface area contributed by atoms with E-state index in [-0.39, 0.29) is 6.20 Å². The largest absolute Gasteiger partial charge is 0.424 e. The molecule has 1 heterocycles. The Morgan fingerprint density at radius 3 is 2.29 bits per heavy atom. The number of hydrogen-bond donors (Lipinski definition) is 0. The molecule has 0 unspecified atom stereocenters. The lowest BCUT2D eigenvalue weighted by Gasteiger charge is -2.11. The number of hydrogen-bond acceptors (Lipinski definition) is 3. The molecule has 0 bridgehead atoms. The average molecular weight is 321 g/mol. The van der Waals surface area contributed by atoms with E-state index in [2.05, 4.69) is 20.9 Å². The lowest BCUT2D eigenvalue weighted by Crippen LogP contribution is -2.12. The molecule has 0 aliphatic rings. The molecule has 1 aromatic rings. The maximum Gasteiger partial charge on any atom is 0.424 e. The van der Waals surface area contributed by atoms with E-state index in [4.69, 9.17) is 0 Å². The SMILES string of the molecule is O=[N+]([O-])c1cnc(C(F)F)c(Br)c1C(F)(F)F. The molecule has 0 fully saturated rings. The van der Waals surface area contributed by atoms with Crippen LogP contribution in [0.25, 0.3) is 0 Å². The van der Waals surface area contributed by atoms with Crippen LogP contribution in [0.2, 0.25) is 0 Å². The first-order valence-electron chi connectivity index (χ1n) is 3.84. The first-order chi connectivity index (χ1) is 7.66. The Hall–Kier alpha value is -1.32. The third-order valence-electron chi connectivity index (χ3n) is 1.71. The fourth-order valence-corrected chi connectivity index (χ4v) is 1.76. The molecule has 0 N–H and O–H groups in total. The fraction of sp³-hybridized carbons (Fsp3) is 0.286. The second-order valence-corrected chi connectivity index (χ2v) is 3.57. The van der Waals surface area contributed by atoms with Gasteiger partial charge in [0.15, 0.2) is 5.56 Å². The van der Waals surface area contributed by atoms with Crippen LogP contribution in [0.1, 0.15) is 17.7 Å². The lowest BCUT2D eigenvalue weighted by molar-refractivity contribution is -0.388. The highest BCUT2D eigenvalue weighted by Crippen LogP contribution is 2.43. The summed E-state index contributed by atoms with van der Waals surface area (Å²) in [5, 5.41) is 10.4. The van der Waals surface area contributed by atoms with Crippen LogP contribution in [-0.2, 0) is 6.18 Å². The molecule has 0 aliphatic heterocycles. The monoisotopic (exact) mass is 320 g/mol. The summed E-state index contributed by atoms with van der Waals surface area (Å²) in [6, 6.07) is 0. The zero-order valence-corrected chi connectivity index (χ0v) is 9.22. The Morgan fingerprint density at radius 1 is 1.41 bits per heavy atom. The molecule has 0 spiro atoms. The maximum absolute atomic E-state index is 12.5. The molecule has 10 heteroatoms. The van der Waals surface area contributed by atoms with E-state index < -0.39 is 38.9 Å². The van der Waals surface area contributed by atoms with Gasteiger partial charge in [-0.1, -0.05) is 0 Å². The van der Waals surface area contributed by atoms with E-state index >= 15 is 0 Å². The molecule has 17 heavy (non-hydrogen) atoms. The first kappa shape index (κ1) is 13.7. The minimum atomic E-state index is -5.13. The number of halogens is 6. The number of aromatic nitrogens is 1. The molecule has 94 valence electrons. The van der Waals surface area contributed by atoms with Crippen LogP contribution in [0, 0.1) is 10.1 Å². The maximum atomic E-state index is 12.5. The van der Waals surface area contributed by atoms with Gasteiger partial charge in [0.25, 0.3) is 6.43 Å². The van der Waals surface area contributed by atoms with Crippen molar-refractivity contribution in [1.82, 2.24) is 4.98 Å². The number of pyridine rings is 1. The lowest BCUT2D eigenvalue weighted by atomic mass is 10.2. The zero-order chi connectivity index (χ0) is 13.4. The van der Waals surface area contributed by atoms with Crippen LogP contribution >= 0.6 is 15.9 Å². The predicted octanol–water partition coefficient (Wildman–Crippen LogP) is 3.71. The van der Waals surface area contributed by atoms with Crippen LogP contribution in [0.5, 0.6) is 0 Å². The summed E-state index contributed by atoms with van der Waals surface area (Å²) in [7, 11) is 0. The fourth-order valence-electron chi connectivity index (χ4n) is 1.05. The first-order valence-corrected chi connectivity index (χ1v) is 4.63. The van der Waals surface area contributed by atoms with Gasteiger partial charge in [-0.15, -0.1) is 0 Å². The van der Waals surface area contributed by atoms with Crippen molar-refractivity contribution in [3.8, 4) is 0 Å². The smallest absolute Gasteiger partial charge is 0.258 e. The summed E-state index contributed by atoms with van der Waals surface area (Å²) in [4.78, 5) is 12.0. The molecule has 0 saturated carbocycles. The number of nitrogens with zero attached hydrogens (tertiary/aromatic N) is 2. The topological polar surface area (TPSA) is 56.0 Å². The molecule has 0 radical (unpaired) electrons. The quantitative estimate of drug-likeness (QED) is 0.474. The van der Waals surface area contributed by atoms with Crippen molar-refractivity contribution in [2.45, 2.75) is 12.6 Å². The van der Waals surface area contributed by atoms with Crippen molar-refractivity contribution in [2.24, 2.45) is 0 Å². The molecule has 1 rings (SSSR count). The zero-order valence-electron chi connectivity index (χ0n) is 7.63. The summed E-state index contributed by atoms with van der Waals surface area (Å²) >= 11 is 2.27. The van der Waals surface area contributed by atoms with Crippen LogP contribution in [-0.4, -0.2) is 9.91 Å². The van der Waals surface area contributed by atoms with Gasteiger partial charge in [0.1, 0.15) is 11.9 Å². The van der Waals surface area contributed by atoms with Crippen molar-refractivity contribution >= 4 is 21.6 Å². The molecule has 0 aromatic carbocycles. The summed E-state index contributed by atoms with van der Waals surface area (Å²) in [6.45, 7) is 0. The van der Waals surface area contributed by atoms with Crippen molar-refractivity contribution in [2.75, 3.05) is 0 Å². The van der Waals surface area contributed by atoms with Crippen molar-refractivity contribution in [1.29, 1.82) is 0 Å². The van der Waals surface area contributed by atoms with Gasteiger partial charge >= 0.3 is 11.9 Å². The van der Waals surface area contributed by atoms with E-state index in [0.29, 0.717) is 0 Å². The molecular formula is C7H2BrF5N2O2. The van der Waals surface area contributed by atoms with Gasteiger partial charge in [0.05, 0.1) is 9.40 Å². The van der Waals surface area contributed by atoms with Crippen LogP contribution in [0.4, 0.5) is 27.6 Å². The van der Waals surface area contributed by atoms with E-state index in [9.17, 15) is 32.1 Å². The minimum absolute atomic E-state index is 0.162. The summed E-state index contributed by atoms with van der Waals surface area (Å²) < 4.78 is 61.0. The Bertz CT molecular complexity index is 462. The van der Waals surface area contributed by atoms with Crippen molar-refractivity contribution < 1.29 is 26.9 Å². The Morgan fingerprint density at radius 2 is 1.94 bits per heavy atom. The third-order valence-corrected chi connectivity index (χ3v) is 2.52. The van der Waals surface area contributed by atoms with Crippen LogP contribution in [0.15, 0.2) is 10.7 Å². The second kappa shape index (κ2) is 4.51. The minimum Gasteiger partial charge on any atom is -0.258 e. The molecule has 0 aliphatic carbocycles. The van der Waals surface area contributed by atoms with E-state index in [1.54, 1.807) is 0 Å². The molecule has 0 saturated heterocycles. The van der Waals surface area contributed by atoms with Gasteiger partial charge in [0, 0.05) is 0 Å². The van der Waals surface area contributed by atoms with Gasteiger partial charge in [-0.25, -0.2) is 13.8 Å². The summed E-state index contributed by atoms with van der Waals surface area (Å²) in [5.41, 5.74) is -4.34. The number of nitro groups is 1. The van der Waals surface area contributed by atoms with E-state index in [1.165, 1.54) is 0 Å². The Balaban J connectivity index is 3.60. The van der Waals surface area contributed by atoms with Gasteiger partial charge in [-0.2, -0.15) is 13.2 Å². The Kier molecular flexibility index (Phi) is 3.65. The third kappa shape index (κ3) is 2.68. The van der Waals surface area contributed by atoms with Crippen LogP contribution < -0.4 is 0 Å². The standard InChI is InChI=1S/C7H2BrF5N2O2/c8-4-3(7(11,12)13)2(15(16)17)1-14-5(4)6(9)10/h1,6H. The second-order valence-electron chi connectivity index (χ2n) is 2.77. The average Bonchev–Trinajstić information content (AvgIpc) is 2.14. The summed E-state index contributed by atoms with van der Waals surface area (Å²) in [6.07, 6.45) is -8.24. The highest BCUT2D eigenvalue weighted by atomic mass is 79.9. The molecule has 1 aromatic heterocycles. The van der Waals surface area contributed by atoms with Gasteiger partial charge in [-0.05, 0) is 15.9 Å². The van der Waals surface area contributed by atoms with Gasteiger partial charge in [0.2, 0.25) is 0 Å². The Labute approximate surface area is 98.7 Å². The molecular weight excluding hydrogens is 319 g/mol. The normalized spacial score (nSPS) is 11.9. The predicted molar refractivity (Wildman–Crippen MR) is 48.6 cm³/mol. The van der Waals surface area contributed by atoms with Crippen molar-refractivity contribution in [3.05, 3.63) is 32.0 Å². The highest BCUT2D eigenvalue weighted by Gasteiger charge is 2.42. The highest BCUT2D eigenvalue weighted by molar-refractivity contribution is 9.10. The number of rotatable bonds is 2. The molecule has 4 nitrogen and oxygen atoms in total. The van der Waals surface area contributed by atoms with Crippen LogP contribution in [0.3, 0.4) is 0 Å². The summed E-state index contributed by atoms with van der Waals surface area (Å²) in [5.74, 6) is 0. The molecule has 0 atom stereocenters. The van der Waals surface area contributed by atoms with E-state index in [1.807, 2.05) is 0 Å².